The third-order valence-electron chi connectivity index (χ3n) is 3.86. The first-order chi connectivity index (χ1) is 8.95. The Balaban J connectivity index is 2.23. The second-order valence-electron chi connectivity index (χ2n) is 6.16. The lowest BCUT2D eigenvalue weighted by molar-refractivity contribution is 0.0675. The Labute approximate surface area is 116 Å². The van der Waals surface area contributed by atoms with E-state index in [0.29, 0.717) is 11.9 Å². The molecule has 1 aliphatic rings. The van der Waals surface area contributed by atoms with Gasteiger partial charge in [-0.2, -0.15) is 0 Å². The fraction of sp³-hybridized carbons (Fsp3) is 0.929. The van der Waals surface area contributed by atoms with Crippen LogP contribution in [0, 0.1) is 5.41 Å². The number of hydrogen-bond donors (Lipinski definition) is 2. The number of nitrogens with zero attached hydrogens (tertiary/aromatic N) is 2. The molecule has 5 nitrogen and oxygen atoms in total. The van der Waals surface area contributed by atoms with Crippen LogP contribution < -0.4 is 5.73 Å². The minimum Gasteiger partial charge on any atom is -0.409 e. The van der Waals surface area contributed by atoms with Gasteiger partial charge in [-0.3, -0.25) is 0 Å². The molecule has 1 fully saturated rings. The maximum atomic E-state index is 8.73. The highest BCUT2D eigenvalue weighted by molar-refractivity contribution is 5.85. The van der Waals surface area contributed by atoms with Crippen LogP contribution in [-0.4, -0.2) is 48.3 Å². The third kappa shape index (κ3) is 5.78. The molecule has 0 amide bonds. The lowest BCUT2D eigenvalue weighted by Crippen LogP contribution is -2.33. The molecule has 0 aromatic rings. The normalized spacial score (nSPS) is 23.3. The second kappa shape index (κ2) is 7.70. The van der Waals surface area contributed by atoms with Crippen LogP contribution in [0.4, 0.5) is 0 Å². The van der Waals surface area contributed by atoms with Gasteiger partial charge in [0.05, 0.1) is 6.10 Å². The van der Waals surface area contributed by atoms with Gasteiger partial charge in [0.15, 0.2) is 0 Å². The summed E-state index contributed by atoms with van der Waals surface area (Å²) < 4.78 is 5.64. The lowest BCUT2D eigenvalue weighted by atomic mass is 9.86. The number of ether oxygens (including phenoxy) is 1. The van der Waals surface area contributed by atoms with Crippen molar-refractivity contribution >= 4 is 5.84 Å². The highest BCUT2D eigenvalue weighted by Gasteiger charge is 2.23. The van der Waals surface area contributed by atoms with Crippen LogP contribution in [0.15, 0.2) is 5.16 Å². The molecular formula is C14H29N3O2. The van der Waals surface area contributed by atoms with Crippen LogP contribution in [0.25, 0.3) is 0 Å². The first-order valence-electron chi connectivity index (χ1n) is 7.27. The predicted octanol–water partition coefficient (Wildman–Crippen LogP) is 2.04. The second-order valence-corrected chi connectivity index (χ2v) is 6.16. The van der Waals surface area contributed by atoms with E-state index >= 15 is 0 Å². The molecule has 1 atom stereocenters. The molecule has 0 aromatic heterocycles. The van der Waals surface area contributed by atoms with Crippen molar-refractivity contribution in [2.75, 3.05) is 26.2 Å². The van der Waals surface area contributed by atoms with Crippen LogP contribution in [-0.2, 0) is 4.74 Å². The van der Waals surface area contributed by atoms with Gasteiger partial charge in [-0.1, -0.05) is 25.4 Å². The smallest absolute Gasteiger partial charge is 0.144 e. The fourth-order valence-electron chi connectivity index (χ4n) is 2.45. The third-order valence-corrected chi connectivity index (χ3v) is 3.86. The molecule has 0 aromatic carbocycles. The Morgan fingerprint density at radius 2 is 2.21 bits per heavy atom. The molecular weight excluding hydrogens is 242 g/mol. The predicted molar refractivity (Wildman–Crippen MR) is 77.5 cm³/mol. The van der Waals surface area contributed by atoms with Crippen molar-refractivity contribution in [1.82, 2.24) is 4.90 Å². The van der Waals surface area contributed by atoms with Gasteiger partial charge < -0.3 is 20.6 Å². The quantitative estimate of drug-likeness (QED) is 0.255. The van der Waals surface area contributed by atoms with Gasteiger partial charge in [0, 0.05) is 25.1 Å². The minimum atomic E-state index is -0.218. The summed E-state index contributed by atoms with van der Waals surface area (Å²) in [6.07, 6.45) is 4.66. The van der Waals surface area contributed by atoms with E-state index < -0.39 is 0 Å². The van der Waals surface area contributed by atoms with Gasteiger partial charge in [-0.25, -0.2) is 0 Å². The van der Waals surface area contributed by atoms with E-state index in [9.17, 15) is 0 Å². The molecule has 0 bridgehead atoms. The van der Waals surface area contributed by atoms with E-state index in [4.69, 9.17) is 15.7 Å². The number of amidine groups is 1. The number of unbranched alkanes of at least 4 members (excludes halogenated alkanes) is 1. The zero-order valence-electron chi connectivity index (χ0n) is 12.6. The van der Waals surface area contributed by atoms with E-state index in [-0.39, 0.29) is 5.41 Å². The Kier molecular flexibility index (Phi) is 6.58. The van der Waals surface area contributed by atoms with Crippen molar-refractivity contribution in [2.24, 2.45) is 16.3 Å². The molecule has 1 rings (SSSR count). The topological polar surface area (TPSA) is 71.1 Å². The molecule has 0 saturated carbocycles. The molecule has 19 heavy (non-hydrogen) atoms. The van der Waals surface area contributed by atoms with E-state index in [2.05, 4.69) is 17.0 Å². The van der Waals surface area contributed by atoms with Gasteiger partial charge in [0.25, 0.3) is 0 Å². The lowest BCUT2D eigenvalue weighted by Gasteiger charge is -2.24. The zero-order chi connectivity index (χ0) is 14.3. The average Bonchev–Trinajstić information content (AvgIpc) is 2.58. The van der Waals surface area contributed by atoms with Crippen LogP contribution in [0.2, 0.25) is 0 Å². The van der Waals surface area contributed by atoms with Gasteiger partial charge in [0.2, 0.25) is 0 Å². The molecule has 1 saturated heterocycles. The van der Waals surface area contributed by atoms with Gasteiger partial charge in [-0.15, -0.1) is 0 Å². The Morgan fingerprint density at radius 3 is 2.89 bits per heavy atom. The molecule has 0 spiro atoms. The first kappa shape index (κ1) is 16.2. The van der Waals surface area contributed by atoms with E-state index in [1.165, 1.54) is 0 Å². The van der Waals surface area contributed by atoms with Crippen molar-refractivity contribution in [3.05, 3.63) is 0 Å². The molecule has 1 heterocycles. The summed E-state index contributed by atoms with van der Waals surface area (Å²) in [4.78, 5) is 2.48. The van der Waals surface area contributed by atoms with Gasteiger partial charge >= 0.3 is 0 Å². The maximum absolute atomic E-state index is 8.73. The summed E-state index contributed by atoms with van der Waals surface area (Å²) >= 11 is 0. The summed E-state index contributed by atoms with van der Waals surface area (Å²) in [5.41, 5.74) is 5.47. The number of oxime groups is 1. The monoisotopic (exact) mass is 271 g/mol. The van der Waals surface area contributed by atoms with Crippen LogP contribution >= 0.6 is 0 Å². The van der Waals surface area contributed by atoms with Crippen molar-refractivity contribution in [3.8, 4) is 0 Å². The van der Waals surface area contributed by atoms with E-state index in [0.717, 1.165) is 51.9 Å². The van der Waals surface area contributed by atoms with E-state index in [1.54, 1.807) is 0 Å². The van der Waals surface area contributed by atoms with E-state index in [1.807, 2.05) is 13.8 Å². The van der Waals surface area contributed by atoms with Crippen LogP contribution in [0.5, 0.6) is 0 Å². The SMILES string of the molecule is CC1CN(CCCCC(C)(C)C(N)=NO)CCCO1. The number of rotatable bonds is 6. The van der Waals surface area contributed by atoms with Crippen molar-refractivity contribution in [1.29, 1.82) is 0 Å². The summed E-state index contributed by atoms with van der Waals surface area (Å²) in [6, 6.07) is 0. The molecule has 3 N–H and O–H groups in total. The van der Waals surface area contributed by atoms with Gasteiger partial charge in [0.1, 0.15) is 5.84 Å². The first-order valence-corrected chi connectivity index (χ1v) is 7.27. The molecule has 1 aliphatic heterocycles. The van der Waals surface area contributed by atoms with Crippen molar-refractivity contribution in [3.63, 3.8) is 0 Å². The molecule has 112 valence electrons. The minimum absolute atomic E-state index is 0.218. The molecule has 1 unspecified atom stereocenters. The summed E-state index contributed by atoms with van der Waals surface area (Å²) in [5, 5.41) is 11.9. The molecule has 0 radical (unpaired) electrons. The van der Waals surface area contributed by atoms with Gasteiger partial charge in [-0.05, 0) is 32.7 Å². The van der Waals surface area contributed by atoms with Crippen molar-refractivity contribution < 1.29 is 9.94 Å². The number of nitrogens with two attached hydrogens (primary N) is 1. The van der Waals surface area contributed by atoms with Crippen molar-refractivity contribution in [2.45, 2.75) is 52.6 Å². The Morgan fingerprint density at radius 1 is 1.47 bits per heavy atom. The highest BCUT2D eigenvalue weighted by atomic mass is 16.5. The maximum Gasteiger partial charge on any atom is 0.144 e. The molecule has 5 heteroatoms. The summed E-state index contributed by atoms with van der Waals surface area (Å²) in [6.45, 7) is 10.3. The Bertz CT molecular complexity index is 292. The van der Waals surface area contributed by atoms with Crippen LogP contribution in [0.1, 0.15) is 46.5 Å². The number of hydrogen-bond acceptors (Lipinski definition) is 4. The summed E-state index contributed by atoms with van der Waals surface area (Å²) in [7, 11) is 0. The highest BCUT2D eigenvalue weighted by Crippen LogP contribution is 2.23. The zero-order valence-corrected chi connectivity index (χ0v) is 12.6. The fourth-order valence-corrected chi connectivity index (χ4v) is 2.45. The molecule has 0 aliphatic carbocycles. The Hall–Kier alpha value is -0.810. The standard InChI is InChI=1S/C14H29N3O2/c1-12-11-17(9-6-10-19-12)8-5-4-7-14(2,3)13(15)16-18/h12,18H,4-11H2,1-3H3,(H2,15,16). The largest absolute Gasteiger partial charge is 0.409 e. The average molecular weight is 271 g/mol. The van der Waals surface area contributed by atoms with Crippen LogP contribution in [0.3, 0.4) is 0 Å². The summed E-state index contributed by atoms with van der Waals surface area (Å²) in [5.74, 6) is 0.323.